The van der Waals surface area contributed by atoms with Crippen molar-refractivity contribution in [3.8, 4) is 5.75 Å². The van der Waals surface area contributed by atoms with Crippen LogP contribution in [0.15, 0.2) is 10.5 Å². The summed E-state index contributed by atoms with van der Waals surface area (Å²) in [7, 11) is 1.08. The van der Waals surface area contributed by atoms with Gasteiger partial charge in [0.05, 0.1) is 18.2 Å². The SMILES string of the molecule is CCOC(=O)C(O)c1cc(Br)c(F)c(OC)c1F. The number of carbonyl (C=O) groups is 1. The molecule has 1 N–H and O–H groups in total. The third-order valence-electron chi connectivity index (χ3n) is 2.15. The van der Waals surface area contributed by atoms with Crippen LogP contribution < -0.4 is 4.74 Å². The molecule has 0 saturated heterocycles. The second-order valence-electron chi connectivity index (χ2n) is 3.26. The van der Waals surface area contributed by atoms with Crippen molar-refractivity contribution >= 4 is 21.9 Å². The fourth-order valence-corrected chi connectivity index (χ4v) is 1.75. The van der Waals surface area contributed by atoms with Crippen molar-refractivity contribution < 1.29 is 28.2 Å². The lowest BCUT2D eigenvalue weighted by molar-refractivity contribution is -0.153. The molecule has 0 bridgehead atoms. The molecule has 0 fully saturated rings. The van der Waals surface area contributed by atoms with E-state index in [1.54, 1.807) is 6.92 Å². The van der Waals surface area contributed by atoms with Crippen LogP contribution in [0.5, 0.6) is 5.75 Å². The molecule has 0 aliphatic heterocycles. The molecule has 7 heteroatoms. The molecule has 0 aliphatic carbocycles. The van der Waals surface area contributed by atoms with Crippen LogP contribution in [-0.2, 0) is 9.53 Å². The molecule has 1 rings (SSSR count). The topological polar surface area (TPSA) is 55.8 Å². The Bertz CT molecular complexity index is 465. The largest absolute Gasteiger partial charge is 0.491 e. The van der Waals surface area contributed by atoms with E-state index < -0.39 is 35.0 Å². The molecular weight excluding hydrogens is 314 g/mol. The maximum absolute atomic E-state index is 13.8. The van der Waals surface area contributed by atoms with Gasteiger partial charge in [0.2, 0.25) is 0 Å². The molecule has 1 aromatic carbocycles. The number of aliphatic hydroxyl groups excluding tert-OH is 1. The first-order valence-corrected chi connectivity index (χ1v) is 5.79. The number of ether oxygens (including phenoxy) is 2. The molecule has 1 atom stereocenters. The minimum Gasteiger partial charge on any atom is -0.491 e. The standard InChI is InChI=1S/C11H11BrF2O4/c1-3-18-11(16)9(15)5-4-6(12)8(14)10(17-2)7(5)13/h4,9,15H,3H2,1-2H3. The van der Waals surface area contributed by atoms with Gasteiger partial charge in [-0.25, -0.2) is 13.6 Å². The lowest BCUT2D eigenvalue weighted by Crippen LogP contribution is -2.17. The van der Waals surface area contributed by atoms with E-state index >= 15 is 0 Å². The van der Waals surface area contributed by atoms with E-state index in [4.69, 9.17) is 0 Å². The first kappa shape index (κ1) is 14.8. The highest BCUT2D eigenvalue weighted by atomic mass is 79.9. The zero-order valence-electron chi connectivity index (χ0n) is 9.67. The van der Waals surface area contributed by atoms with Crippen LogP contribution in [0.1, 0.15) is 18.6 Å². The second-order valence-corrected chi connectivity index (χ2v) is 4.12. The molecule has 0 aliphatic rings. The van der Waals surface area contributed by atoms with Gasteiger partial charge in [-0.1, -0.05) is 0 Å². The summed E-state index contributed by atoms with van der Waals surface area (Å²) in [4.78, 5) is 11.3. The van der Waals surface area contributed by atoms with Crippen LogP contribution in [0.2, 0.25) is 0 Å². The third-order valence-corrected chi connectivity index (χ3v) is 2.73. The monoisotopic (exact) mass is 324 g/mol. The summed E-state index contributed by atoms with van der Waals surface area (Å²) in [6.07, 6.45) is -1.84. The first-order chi connectivity index (χ1) is 8.43. The van der Waals surface area contributed by atoms with E-state index in [0.29, 0.717) is 0 Å². The number of benzene rings is 1. The number of aliphatic hydroxyl groups is 1. The van der Waals surface area contributed by atoms with E-state index in [2.05, 4.69) is 25.4 Å². The number of carbonyl (C=O) groups excluding carboxylic acids is 1. The highest BCUT2D eigenvalue weighted by Gasteiger charge is 2.27. The summed E-state index contributed by atoms with van der Waals surface area (Å²) < 4.78 is 36.2. The molecule has 0 radical (unpaired) electrons. The van der Waals surface area contributed by atoms with Crippen molar-refractivity contribution in [1.29, 1.82) is 0 Å². The van der Waals surface area contributed by atoms with Gasteiger partial charge in [0, 0.05) is 5.56 Å². The Hall–Kier alpha value is -1.21. The number of rotatable bonds is 4. The summed E-state index contributed by atoms with van der Waals surface area (Å²) >= 11 is 2.84. The lowest BCUT2D eigenvalue weighted by Gasteiger charge is -2.14. The number of hydrogen-bond donors (Lipinski definition) is 1. The van der Waals surface area contributed by atoms with Gasteiger partial charge in [-0.2, -0.15) is 0 Å². The smallest absolute Gasteiger partial charge is 0.339 e. The van der Waals surface area contributed by atoms with E-state index in [1.165, 1.54) is 0 Å². The van der Waals surface area contributed by atoms with Crippen molar-refractivity contribution in [2.45, 2.75) is 13.0 Å². The van der Waals surface area contributed by atoms with Crippen LogP contribution in [-0.4, -0.2) is 24.8 Å². The highest BCUT2D eigenvalue weighted by molar-refractivity contribution is 9.10. The summed E-state index contributed by atoms with van der Waals surface area (Å²) in [6, 6.07) is 0.967. The molecule has 0 saturated carbocycles. The highest BCUT2D eigenvalue weighted by Crippen LogP contribution is 2.33. The zero-order valence-corrected chi connectivity index (χ0v) is 11.3. The predicted octanol–water partition coefficient (Wildman–Crippen LogP) is 2.33. The summed E-state index contributed by atoms with van der Waals surface area (Å²) in [5.74, 6) is -3.78. The molecular formula is C11H11BrF2O4. The lowest BCUT2D eigenvalue weighted by atomic mass is 10.1. The van der Waals surface area contributed by atoms with Crippen LogP contribution in [0, 0.1) is 11.6 Å². The van der Waals surface area contributed by atoms with E-state index in [-0.39, 0.29) is 11.1 Å². The average Bonchev–Trinajstić information content (AvgIpc) is 2.34. The number of esters is 1. The van der Waals surface area contributed by atoms with E-state index in [0.717, 1.165) is 13.2 Å². The second kappa shape index (κ2) is 6.10. The summed E-state index contributed by atoms with van der Waals surface area (Å²) in [5.41, 5.74) is -0.418. The maximum atomic E-state index is 13.8. The Balaban J connectivity index is 3.25. The molecule has 1 aromatic rings. The fourth-order valence-electron chi connectivity index (χ4n) is 1.33. The number of hydrogen-bond acceptors (Lipinski definition) is 4. The van der Waals surface area contributed by atoms with Crippen molar-refractivity contribution in [1.82, 2.24) is 0 Å². The molecule has 0 aromatic heterocycles. The molecule has 0 spiro atoms. The van der Waals surface area contributed by atoms with Crippen LogP contribution in [0.25, 0.3) is 0 Å². The van der Waals surface area contributed by atoms with Gasteiger partial charge in [0.25, 0.3) is 0 Å². The van der Waals surface area contributed by atoms with Gasteiger partial charge in [0.1, 0.15) is 0 Å². The van der Waals surface area contributed by atoms with Crippen molar-refractivity contribution in [2.24, 2.45) is 0 Å². The quantitative estimate of drug-likeness (QED) is 0.682. The van der Waals surface area contributed by atoms with Crippen molar-refractivity contribution in [3.05, 3.63) is 27.7 Å². The molecule has 18 heavy (non-hydrogen) atoms. The van der Waals surface area contributed by atoms with Gasteiger partial charge in [-0.05, 0) is 28.9 Å². The van der Waals surface area contributed by atoms with Crippen LogP contribution in [0.3, 0.4) is 0 Å². The van der Waals surface area contributed by atoms with Gasteiger partial charge in [0.15, 0.2) is 23.5 Å². The molecule has 0 heterocycles. The Labute approximate surface area is 111 Å². The molecule has 4 nitrogen and oxygen atoms in total. The van der Waals surface area contributed by atoms with Gasteiger partial charge in [-0.15, -0.1) is 0 Å². The van der Waals surface area contributed by atoms with Crippen LogP contribution >= 0.6 is 15.9 Å². The van der Waals surface area contributed by atoms with Crippen LogP contribution in [0.4, 0.5) is 8.78 Å². The molecule has 100 valence electrons. The maximum Gasteiger partial charge on any atom is 0.339 e. The Morgan fingerprint density at radius 2 is 2.11 bits per heavy atom. The van der Waals surface area contributed by atoms with Crippen molar-refractivity contribution in [3.63, 3.8) is 0 Å². The molecule has 1 unspecified atom stereocenters. The molecule has 0 amide bonds. The van der Waals surface area contributed by atoms with Crippen molar-refractivity contribution in [2.75, 3.05) is 13.7 Å². The van der Waals surface area contributed by atoms with Gasteiger partial charge in [-0.3, -0.25) is 0 Å². The Morgan fingerprint density at radius 1 is 1.50 bits per heavy atom. The fraction of sp³-hybridized carbons (Fsp3) is 0.364. The van der Waals surface area contributed by atoms with E-state index in [1.807, 2.05) is 0 Å². The first-order valence-electron chi connectivity index (χ1n) is 5.00. The number of halogens is 3. The van der Waals surface area contributed by atoms with Gasteiger partial charge < -0.3 is 14.6 Å². The predicted molar refractivity (Wildman–Crippen MR) is 62.2 cm³/mol. The summed E-state index contributed by atoms with van der Waals surface area (Å²) in [6.45, 7) is 1.58. The van der Waals surface area contributed by atoms with Gasteiger partial charge >= 0.3 is 5.97 Å². The summed E-state index contributed by atoms with van der Waals surface area (Å²) in [5, 5.41) is 9.62. The normalized spacial score (nSPS) is 12.1. The Kier molecular flexibility index (Phi) is 5.03. The Morgan fingerprint density at radius 3 is 2.61 bits per heavy atom. The minimum atomic E-state index is -1.84. The zero-order chi connectivity index (χ0) is 13.9. The number of methoxy groups -OCH3 is 1. The average molecular weight is 325 g/mol. The third kappa shape index (κ3) is 2.78. The minimum absolute atomic E-state index is 0.0387. The van der Waals surface area contributed by atoms with E-state index in [9.17, 15) is 18.7 Å².